The van der Waals surface area contributed by atoms with Crippen molar-refractivity contribution in [2.45, 2.75) is 18.9 Å². The van der Waals surface area contributed by atoms with Crippen molar-refractivity contribution >= 4 is 17.3 Å². The lowest BCUT2D eigenvalue weighted by Crippen LogP contribution is -2.37. The van der Waals surface area contributed by atoms with Crippen molar-refractivity contribution in [3.63, 3.8) is 0 Å². The molecular weight excluding hydrogens is 287 g/mol. The largest absolute Gasteiger partial charge is 0.363 e. The molecule has 1 atom stereocenters. The molecule has 21 heavy (non-hydrogen) atoms. The molecule has 0 saturated heterocycles. The summed E-state index contributed by atoms with van der Waals surface area (Å²) >= 11 is 5.92. The summed E-state index contributed by atoms with van der Waals surface area (Å²) in [7, 11) is 0. The Kier molecular flexibility index (Phi) is 4.13. The Balaban J connectivity index is 2.04. The van der Waals surface area contributed by atoms with Gasteiger partial charge in [0.25, 0.3) is 0 Å². The Labute approximate surface area is 129 Å². The molecule has 1 heterocycles. The van der Waals surface area contributed by atoms with Crippen molar-refractivity contribution in [1.82, 2.24) is 0 Å². The lowest BCUT2D eigenvalue weighted by molar-refractivity contribution is 0.542. The van der Waals surface area contributed by atoms with E-state index < -0.39 is 0 Å². The maximum Gasteiger partial charge on any atom is 0.147 e. The normalized spacial score (nSPS) is 15.7. The zero-order valence-corrected chi connectivity index (χ0v) is 12.5. The first-order valence-electron chi connectivity index (χ1n) is 7.21. The number of benzene rings is 2. The first kappa shape index (κ1) is 14.4. The molecule has 0 bridgehead atoms. The van der Waals surface area contributed by atoms with Crippen LogP contribution in [-0.2, 0) is 6.42 Å². The van der Waals surface area contributed by atoms with Crippen molar-refractivity contribution in [2.24, 2.45) is 5.73 Å². The zero-order valence-electron chi connectivity index (χ0n) is 11.7. The molecule has 2 aromatic carbocycles. The zero-order chi connectivity index (χ0) is 14.8. The molecule has 0 amide bonds. The van der Waals surface area contributed by atoms with Gasteiger partial charge in [-0.1, -0.05) is 41.9 Å². The molecule has 0 saturated carbocycles. The van der Waals surface area contributed by atoms with E-state index in [4.69, 9.17) is 17.3 Å². The number of anilines is 1. The predicted molar refractivity (Wildman–Crippen MR) is 85.3 cm³/mol. The second-order valence-corrected chi connectivity index (χ2v) is 5.73. The molecule has 0 spiro atoms. The minimum Gasteiger partial charge on any atom is -0.363 e. The maximum absolute atomic E-state index is 14.4. The minimum atomic E-state index is -0.363. The number of hydrogen-bond acceptors (Lipinski definition) is 2. The smallest absolute Gasteiger partial charge is 0.147 e. The molecule has 2 aromatic rings. The first-order chi connectivity index (χ1) is 10.2. The number of para-hydroxylation sites is 1. The Hall–Kier alpha value is -1.58. The molecule has 3 rings (SSSR count). The van der Waals surface area contributed by atoms with Crippen LogP contribution in [0.4, 0.5) is 10.1 Å². The third kappa shape index (κ3) is 2.63. The summed E-state index contributed by atoms with van der Waals surface area (Å²) in [5.41, 5.74) is 8.98. The standard InChI is InChI=1S/C17H18ClFN2/c18-14-8-3-7-13(17(14)19)16(11-20)21-10-4-6-12-5-1-2-9-15(12)21/h1-3,5,7-9,16H,4,6,10-11,20H2. The van der Waals surface area contributed by atoms with E-state index in [1.165, 1.54) is 5.56 Å². The van der Waals surface area contributed by atoms with Gasteiger partial charge in [-0.05, 0) is 30.5 Å². The summed E-state index contributed by atoms with van der Waals surface area (Å²) in [5.74, 6) is -0.363. The lowest BCUT2D eigenvalue weighted by Gasteiger charge is -2.38. The number of hydrogen-bond donors (Lipinski definition) is 1. The van der Waals surface area contributed by atoms with Crippen LogP contribution in [0.2, 0.25) is 5.02 Å². The van der Waals surface area contributed by atoms with E-state index in [9.17, 15) is 4.39 Å². The van der Waals surface area contributed by atoms with E-state index >= 15 is 0 Å². The third-order valence-corrected chi connectivity index (χ3v) is 4.38. The second-order valence-electron chi connectivity index (χ2n) is 5.32. The number of halogens is 2. The Morgan fingerprint density at radius 3 is 2.81 bits per heavy atom. The summed E-state index contributed by atoms with van der Waals surface area (Å²) < 4.78 is 14.4. The van der Waals surface area contributed by atoms with Crippen LogP contribution in [-0.4, -0.2) is 13.1 Å². The number of nitrogens with zero attached hydrogens (tertiary/aromatic N) is 1. The Bertz CT molecular complexity index is 644. The summed E-state index contributed by atoms with van der Waals surface area (Å²) in [4.78, 5) is 2.20. The Morgan fingerprint density at radius 2 is 2.00 bits per heavy atom. The molecule has 0 aromatic heterocycles. The van der Waals surface area contributed by atoms with Gasteiger partial charge in [0, 0.05) is 24.3 Å². The molecule has 0 radical (unpaired) electrons. The van der Waals surface area contributed by atoms with Gasteiger partial charge in [0.05, 0.1) is 11.1 Å². The quantitative estimate of drug-likeness (QED) is 0.931. The molecular formula is C17H18ClFN2. The van der Waals surface area contributed by atoms with Crippen molar-refractivity contribution < 1.29 is 4.39 Å². The van der Waals surface area contributed by atoms with Gasteiger partial charge < -0.3 is 10.6 Å². The van der Waals surface area contributed by atoms with Crippen LogP contribution < -0.4 is 10.6 Å². The second kappa shape index (κ2) is 6.04. The maximum atomic E-state index is 14.4. The van der Waals surface area contributed by atoms with Gasteiger partial charge in [0.2, 0.25) is 0 Å². The van der Waals surface area contributed by atoms with Gasteiger partial charge in [-0.25, -0.2) is 4.39 Å². The van der Waals surface area contributed by atoms with Gasteiger partial charge in [-0.3, -0.25) is 0 Å². The average Bonchev–Trinajstić information content (AvgIpc) is 2.52. The molecule has 0 fully saturated rings. The van der Waals surface area contributed by atoms with Crippen LogP contribution in [0.5, 0.6) is 0 Å². The van der Waals surface area contributed by atoms with Crippen LogP contribution >= 0.6 is 11.6 Å². The minimum absolute atomic E-state index is 0.149. The number of nitrogens with two attached hydrogens (primary N) is 1. The van der Waals surface area contributed by atoms with E-state index in [1.54, 1.807) is 18.2 Å². The summed E-state index contributed by atoms with van der Waals surface area (Å²) in [5, 5.41) is 0.149. The fourth-order valence-corrected chi connectivity index (χ4v) is 3.27. The monoisotopic (exact) mass is 304 g/mol. The van der Waals surface area contributed by atoms with Crippen LogP contribution in [0, 0.1) is 5.82 Å². The van der Waals surface area contributed by atoms with Crippen LogP contribution in [0.1, 0.15) is 23.6 Å². The third-order valence-electron chi connectivity index (χ3n) is 4.09. The van der Waals surface area contributed by atoms with E-state index in [-0.39, 0.29) is 16.9 Å². The van der Waals surface area contributed by atoms with E-state index in [2.05, 4.69) is 17.0 Å². The SMILES string of the molecule is NCC(c1cccc(Cl)c1F)N1CCCc2ccccc21. The molecule has 1 unspecified atom stereocenters. The fraction of sp³-hybridized carbons (Fsp3) is 0.294. The molecule has 0 aliphatic carbocycles. The van der Waals surface area contributed by atoms with E-state index in [0.717, 1.165) is 25.1 Å². The first-order valence-corrected chi connectivity index (χ1v) is 7.58. The van der Waals surface area contributed by atoms with Crippen LogP contribution in [0.3, 0.4) is 0 Å². The average molecular weight is 305 g/mol. The summed E-state index contributed by atoms with van der Waals surface area (Å²) in [6.07, 6.45) is 2.11. The topological polar surface area (TPSA) is 29.3 Å². The van der Waals surface area contributed by atoms with Crippen LogP contribution in [0.25, 0.3) is 0 Å². The van der Waals surface area contributed by atoms with Gasteiger partial charge in [-0.15, -0.1) is 0 Å². The van der Waals surface area contributed by atoms with Crippen molar-refractivity contribution in [1.29, 1.82) is 0 Å². The van der Waals surface area contributed by atoms with Gasteiger partial charge in [0.15, 0.2) is 0 Å². The molecule has 1 aliphatic rings. The van der Waals surface area contributed by atoms with Gasteiger partial charge >= 0.3 is 0 Å². The molecule has 2 N–H and O–H groups in total. The van der Waals surface area contributed by atoms with Crippen LogP contribution in [0.15, 0.2) is 42.5 Å². The highest BCUT2D eigenvalue weighted by molar-refractivity contribution is 6.30. The molecule has 1 aliphatic heterocycles. The Morgan fingerprint density at radius 1 is 1.19 bits per heavy atom. The number of aryl methyl sites for hydroxylation is 1. The van der Waals surface area contributed by atoms with Crippen molar-refractivity contribution in [3.05, 3.63) is 64.4 Å². The van der Waals surface area contributed by atoms with Crippen molar-refractivity contribution in [3.8, 4) is 0 Å². The predicted octanol–water partition coefficient (Wildman–Crippen LogP) is 3.93. The highest BCUT2D eigenvalue weighted by Gasteiger charge is 2.26. The lowest BCUT2D eigenvalue weighted by atomic mass is 9.97. The molecule has 4 heteroatoms. The fourth-order valence-electron chi connectivity index (χ4n) is 3.09. The highest BCUT2D eigenvalue weighted by Crippen LogP contribution is 2.35. The van der Waals surface area contributed by atoms with Gasteiger partial charge in [-0.2, -0.15) is 0 Å². The highest BCUT2D eigenvalue weighted by atomic mass is 35.5. The summed E-state index contributed by atoms with van der Waals surface area (Å²) in [6.45, 7) is 1.23. The summed E-state index contributed by atoms with van der Waals surface area (Å²) in [6, 6.07) is 13.2. The number of fused-ring (bicyclic) bond motifs is 1. The van der Waals surface area contributed by atoms with E-state index in [0.29, 0.717) is 12.1 Å². The number of rotatable bonds is 3. The molecule has 110 valence electrons. The molecule has 2 nitrogen and oxygen atoms in total. The van der Waals surface area contributed by atoms with Gasteiger partial charge in [0.1, 0.15) is 5.82 Å². The van der Waals surface area contributed by atoms with E-state index in [1.807, 2.05) is 12.1 Å². The van der Waals surface area contributed by atoms with Crippen molar-refractivity contribution in [2.75, 3.05) is 18.0 Å².